The maximum Gasteiger partial charge on any atom is 0.141 e. The lowest BCUT2D eigenvalue weighted by molar-refractivity contribution is 0.478. The van der Waals surface area contributed by atoms with Crippen LogP contribution in [0.4, 0.5) is 0 Å². The van der Waals surface area contributed by atoms with Crippen molar-refractivity contribution in [3.8, 4) is 11.5 Å². The van der Waals surface area contributed by atoms with Crippen LogP contribution in [-0.2, 0) is 6.54 Å². The van der Waals surface area contributed by atoms with Gasteiger partial charge >= 0.3 is 0 Å². The van der Waals surface area contributed by atoms with E-state index in [0.29, 0.717) is 6.54 Å². The Labute approximate surface area is 123 Å². The Hall–Kier alpha value is -0.840. The molecule has 0 unspecified atom stereocenters. The minimum atomic E-state index is 0.491. The lowest BCUT2D eigenvalue weighted by Gasteiger charge is -2.10. The Bertz CT molecular complexity index is 570. The van der Waals surface area contributed by atoms with Gasteiger partial charge in [0, 0.05) is 11.0 Å². The lowest BCUT2D eigenvalue weighted by Crippen LogP contribution is -1.96. The molecule has 4 heteroatoms. The predicted molar refractivity (Wildman–Crippen MR) is 81.0 cm³/mol. The molecule has 0 atom stereocenters. The van der Waals surface area contributed by atoms with Crippen LogP contribution in [0.25, 0.3) is 0 Å². The normalized spacial score (nSPS) is 10.4. The Morgan fingerprint density at radius 1 is 1.11 bits per heavy atom. The molecule has 2 nitrogen and oxygen atoms in total. The third-order valence-corrected chi connectivity index (χ3v) is 3.56. The number of ether oxygens (including phenoxy) is 1. The number of hydrogen-bond donors (Lipinski definition) is 1. The fraction of sp³-hybridized carbons (Fsp3) is 0.143. The van der Waals surface area contributed by atoms with E-state index < -0.39 is 0 Å². The molecule has 2 rings (SSSR count). The zero-order valence-electron chi connectivity index (χ0n) is 9.91. The average Bonchev–Trinajstić information content (AvgIpc) is 2.32. The van der Waals surface area contributed by atoms with Crippen LogP contribution in [0.2, 0.25) is 0 Å². The molecule has 0 fully saturated rings. The Kier molecular flexibility index (Phi) is 4.43. The van der Waals surface area contributed by atoms with Crippen molar-refractivity contribution in [3.63, 3.8) is 0 Å². The van der Waals surface area contributed by atoms with Crippen LogP contribution < -0.4 is 10.5 Å². The van der Waals surface area contributed by atoms with Gasteiger partial charge in [-0.2, -0.15) is 0 Å². The molecule has 94 valence electrons. The predicted octanol–water partition coefficient (Wildman–Crippen LogP) is 4.77. The first kappa shape index (κ1) is 13.6. The molecule has 2 N–H and O–H groups in total. The first-order chi connectivity index (χ1) is 8.58. The highest BCUT2D eigenvalue weighted by Gasteiger charge is 2.05. The molecule has 0 aliphatic carbocycles. The molecule has 0 amide bonds. The Morgan fingerprint density at radius 3 is 2.56 bits per heavy atom. The van der Waals surface area contributed by atoms with Gasteiger partial charge in [-0.1, -0.05) is 22.0 Å². The van der Waals surface area contributed by atoms with Crippen LogP contribution in [0.15, 0.2) is 45.3 Å². The Morgan fingerprint density at radius 2 is 1.89 bits per heavy atom. The number of aryl methyl sites for hydroxylation is 1. The number of rotatable bonds is 3. The van der Waals surface area contributed by atoms with Gasteiger partial charge in [-0.25, -0.2) is 0 Å². The second-order valence-corrected chi connectivity index (χ2v) is 5.81. The molecule has 0 saturated carbocycles. The van der Waals surface area contributed by atoms with Gasteiger partial charge < -0.3 is 10.5 Å². The topological polar surface area (TPSA) is 35.2 Å². The van der Waals surface area contributed by atoms with Crippen molar-refractivity contribution in [3.05, 3.63) is 56.5 Å². The molecule has 0 radical (unpaired) electrons. The summed E-state index contributed by atoms with van der Waals surface area (Å²) < 4.78 is 7.76. The standard InChI is InChI=1S/C14H13Br2NO/c1-9-2-3-14(13(16)4-9)18-12-6-10(8-17)5-11(15)7-12/h2-7H,8,17H2,1H3. The van der Waals surface area contributed by atoms with Crippen molar-refractivity contribution in [2.24, 2.45) is 5.73 Å². The van der Waals surface area contributed by atoms with Gasteiger partial charge in [-0.15, -0.1) is 0 Å². The number of nitrogens with two attached hydrogens (primary N) is 1. The summed E-state index contributed by atoms with van der Waals surface area (Å²) in [5, 5.41) is 0. The van der Waals surface area contributed by atoms with E-state index in [-0.39, 0.29) is 0 Å². The van der Waals surface area contributed by atoms with Gasteiger partial charge in [-0.3, -0.25) is 0 Å². The van der Waals surface area contributed by atoms with Crippen LogP contribution in [0.5, 0.6) is 11.5 Å². The fourth-order valence-electron chi connectivity index (χ4n) is 1.61. The SMILES string of the molecule is Cc1ccc(Oc2cc(Br)cc(CN)c2)c(Br)c1. The van der Waals surface area contributed by atoms with Crippen LogP contribution >= 0.6 is 31.9 Å². The van der Waals surface area contributed by atoms with Gasteiger partial charge in [0.05, 0.1) is 4.47 Å². The molecule has 0 bridgehead atoms. The van der Waals surface area contributed by atoms with Gasteiger partial charge in [0.25, 0.3) is 0 Å². The van der Waals surface area contributed by atoms with Crippen LogP contribution in [-0.4, -0.2) is 0 Å². The summed E-state index contributed by atoms with van der Waals surface area (Å²) in [6.07, 6.45) is 0. The second kappa shape index (κ2) is 5.87. The summed E-state index contributed by atoms with van der Waals surface area (Å²) in [4.78, 5) is 0. The third-order valence-electron chi connectivity index (χ3n) is 2.48. The number of halogens is 2. The zero-order valence-corrected chi connectivity index (χ0v) is 13.1. The first-order valence-electron chi connectivity index (χ1n) is 5.52. The lowest BCUT2D eigenvalue weighted by atomic mass is 10.2. The average molecular weight is 371 g/mol. The molecule has 0 aliphatic heterocycles. The van der Waals surface area contributed by atoms with Crippen molar-refractivity contribution < 1.29 is 4.74 Å². The number of hydrogen-bond acceptors (Lipinski definition) is 2. The van der Waals surface area contributed by atoms with E-state index in [0.717, 1.165) is 26.0 Å². The molecule has 0 heterocycles. The van der Waals surface area contributed by atoms with E-state index in [1.165, 1.54) is 5.56 Å². The molecule has 2 aromatic carbocycles. The van der Waals surface area contributed by atoms with Crippen molar-refractivity contribution in [1.82, 2.24) is 0 Å². The maximum atomic E-state index is 5.86. The summed E-state index contributed by atoms with van der Waals surface area (Å²) in [7, 11) is 0. The molecular formula is C14H13Br2NO. The fourth-order valence-corrected chi connectivity index (χ4v) is 2.71. The molecule has 2 aromatic rings. The summed E-state index contributed by atoms with van der Waals surface area (Å²) in [5.41, 5.74) is 7.86. The maximum absolute atomic E-state index is 5.86. The molecule has 0 spiro atoms. The minimum absolute atomic E-state index is 0.491. The molecule has 18 heavy (non-hydrogen) atoms. The summed E-state index contributed by atoms with van der Waals surface area (Å²) in [5.74, 6) is 1.57. The molecule has 0 saturated heterocycles. The van der Waals surface area contributed by atoms with Crippen molar-refractivity contribution in [2.45, 2.75) is 13.5 Å². The molecular weight excluding hydrogens is 358 g/mol. The van der Waals surface area contributed by atoms with Crippen molar-refractivity contribution in [2.75, 3.05) is 0 Å². The quantitative estimate of drug-likeness (QED) is 0.844. The van der Waals surface area contributed by atoms with Crippen LogP contribution in [0.1, 0.15) is 11.1 Å². The zero-order chi connectivity index (χ0) is 13.1. The summed E-state index contributed by atoms with van der Waals surface area (Å²) in [6, 6.07) is 11.8. The smallest absolute Gasteiger partial charge is 0.141 e. The second-order valence-electron chi connectivity index (χ2n) is 4.04. The van der Waals surface area contributed by atoms with Gasteiger partial charge in [-0.05, 0) is 64.3 Å². The van der Waals surface area contributed by atoms with E-state index >= 15 is 0 Å². The summed E-state index contributed by atoms with van der Waals surface area (Å²) >= 11 is 6.95. The minimum Gasteiger partial charge on any atom is -0.456 e. The highest BCUT2D eigenvalue weighted by molar-refractivity contribution is 9.10. The van der Waals surface area contributed by atoms with Crippen LogP contribution in [0, 0.1) is 6.92 Å². The van der Waals surface area contributed by atoms with E-state index in [1.807, 2.05) is 43.3 Å². The van der Waals surface area contributed by atoms with E-state index in [4.69, 9.17) is 10.5 Å². The largest absolute Gasteiger partial charge is 0.456 e. The van der Waals surface area contributed by atoms with E-state index in [1.54, 1.807) is 0 Å². The number of benzene rings is 2. The van der Waals surface area contributed by atoms with Crippen molar-refractivity contribution in [1.29, 1.82) is 0 Å². The summed E-state index contributed by atoms with van der Waals surface area (Å²) in [6.45, 7) is 2.53. The van der Waals surface area contributed by atoms with E-state index in [2.05, 4.69) is 31.9 Å². The van der Waals surface area contributed by atoms with Gasteiger partial charge in [0.15, 0.2) is 0 Å². The van der Waals surface area contributed by atoms with Gasteiger partial charge in [0.2, 0.25) is 0 Å². The third kappa shape index (κ3) is 3.34. The van der Waals surface area contributed by atoms with Crippen molar-refractivity contribution >= 4 is 31.9 Å². The molecule has 0 aliphatic rings. The van der Waals surface area contributed by atoms with Gasteiger partial charge in [0.1, 0.15) is 11.5 Å². The first-order valence-corrected chi connectivity index (χ1v) is 7.10. The van der Waals surface area contributed by atoms with Crippen LogP contribution in [0.3, 0.4) is 0 Å². The highest BCUT2D eigenvalue weighted by Crippen LogP contribution is 2.32. The van der Waals surface area contributed by atoms with E-state index in [9.17, 15) is 0 Å². The monoisotopic (exact) mass is 369 g/mol. The highest BCUT2D eigenvalue weighted by atomic mass is 79.9. The Balaban J connectivity index is 2.30. The molecule has 0 aromatic heterocycles.